The zero-order chi connectivity index (χ0) is 15.6. The summed E-state index contributed by atoms with van der Waals surface area (Å²) >= 11 is 0. The van der Waals surface area contributed by atoms with Gasteiger partial charge in [0.25, 0.3) is 0 Å². The van der Waals surface area contributed by atoms with Gasteiger partial charge in [0.2, 0.25) is 5.88 Å². The number of rotatable bonds is 7. The molecule has 0 bridgehead atoms. The van der Waals surface area contributed by atoms with Crippen molar-refractivity contribution in [3.63, 3.8) is 0 Å². The summed E-state index contributed by atoms with van der Waals surface area (Å²) in [5.41, 5.74) is 1.12. The molecule has 1 heterocycles. The Bertz CT molecular complexity index is 458. The van der Waals surface area contributed by atoms with E-state index in [1.54, 1.807) is 7.05 Å². The van der Waals surface area contributed by atoms with E-state index in [0.29, 0.717) is 12.6 Å². The van der Waals surface area contributed by atoms with Gasteiger partial charge in [0.15, 0.2) is 5.96 Å². The van der Waals surface area contributed by atoms with Crippen molar-refractivity contribution in [2.45, 2.75) is 58.1 Å². The summed E-state index contributed by atoms with van der Waals surface area (Å²) in [5, 5.41) is 6.59. The molecule has 1 aromatic rings. The summed E-state index contributed by atoms with van der Waals surface area (Å²) in [5.74, 6) is 1.57. The van der Waals surface area contributed by atoms with E-state index in [1.807, 2.05) is 12.3 Å². The van der Waals surface area contributed by atoms with Crippen LogP contribution in [0.3, 0.4) is 0 Å². The van der Waals surface area contributed by atoms with E-state index in [2.05, 4.69) is 33.6 Å². The second-order valence-corrected chi connectivity index (χ2v) is 5.74. The van der Waals surface area contributed by atoms with Gasteiger partial charge >= 0.3 is 0 Å². The summed E-state index contributed by atoms with van der Waals surface area (Å²) in [7, 11) is 1.79. The number of ether oxygens (including phenoxy) is 1. The molecule has 23 heavy (non-hydrogen) atoms. The molecular weight excluding hydrogens is 403 g/mol. The molecule has 6 heteroatoms. The highest BCUT2D eigenvalue weighted by atomic mass is 127. The normalized spacial score (nSPS) is 15.1. The van der Waals surface area contributed by atoms with Gasteiger partial charge in [-0.05, 0) is 37.7 Å². The number of unbranched alkanes of at least 4 members (excludes halogenated alkanes) is 1. The molecule has 2 rings (SSSR count). The summed E-state index contributed by atoms with van der Waals surface area (Å²) < 4.78 is 5.87. The second-order valence-electron chi connectivity index (χ2n) is 5.74. The number of pyridine rings is 1. The molecule has 0 aromatic carbocycles. The Morgan fingerprint density at radius 3 is 2.70 bits per heavy atom. The molecule has 1 aliphatic carbocycles. The van der Waals surface area contributed by atoms with E-state index in [-0.39, 0.29) is 24.0 Å². The maximum Gasteiger partial charge on any atom is 0.213 e. The lowest BCUT2D eigenvalue weighted by Gasteiger charge is -2.13. The van der Waals surface area contributed by atoms with Gasteiger partial charge in [-0.15, -0.1) is 24.0 Å². The third-order valence-corrected chi connectivity index (χ3v) is 3.89. The molecule has 0 aliphatic heterocycles. The Morgan fingerprint density at radius 1 is 1.30 bits per heavy atom. The predicted molar refractivity (Wildman–Crippen MR) is 106 cm³/mol. The summed E-state index contributed by atoms with van der Waals surface area (Å²) in [6.07, 6.45) is 9.42. The van der Waals surface area contributed by atoms with Crippen LogP contribution in [0.25, 0.3) is 0 Å². The van der Waals surface area contributed by atoms with E-state index >= 15 is 0 Å². The fourth-order valence-corrected chi connectivity index (χ4v) is 2.55. The van der Waals surface area contributed by atoms with Gasteiger partial charge in [0.1, 0.15) is 6.10 Å². The number of halogens is 1. The van der Waals surface area contributed by atoms with Crippen molar-refractivity contribution in [3.8, 4) is 5.88 Å². The smallest absolute Gasteiger partial charge is 0.213 e. The Kier molecular flexibility index (Phi) is 9.98. The van der Waals surface area contributed by atoms with E-state index in [4.69, 9.17) is 4.74 Å². The minimum absolute atomic E-state index is 0. The monoisotopic (exact) mass is 432 g/mol. The molecule has 2 N–H and O–H groups in total. The highest BCUT2D eigenvalue weighted by molar-refractivity contribution is 14.0. The van der Waals surface area contributed by atoms with Crippen LogP contribution in [0, 0.1) is 0 Å². The predicted octanol–water partition coefficient (Wildman–Crippen LogP) is 3.49. The van der Waals surface area contributed by atoms with Gasteiger partial charge < -0.3 is 15.4 Å². The first-order chi connectivity index (χ1) is 10.8. The molecule has 0 unspecified atom stereocenters. The fraction of sp³-hybridized carbons (Fsp3) is 0.647. The number of nitrogens with one attached hydrogen (secondary N) is 2. The first kappa shape index (κ1) is 20.0. The number of guanidine groups is 1. The van der Waals surface area contributed by atoms with Crippen molar-refractivity contribution in [1.82, 2.24) is 15.6 Å². The standard InChI is InChI=1S/C17H28N4O.HI/c1-3-4-11-19-17(18-2)21-13-14-9-10-16(20-12-14)22-15-7-5-6-8-15;/h9-10,12,15H,3-8,11,13H2,1-2H3,(H2,18,19,21);1H. The first-order valence-corrected chi connectivity index (χ1v) is 8.38. The molecule has 0 saturated heterocycles. The maximum absolute atomic E-state index is 5.87. The molecule has 0 spiro atoms. The van der Waals surface area contributed by atoms with Gasteiger partial charge in [0.05, 0.1) is 0 Å². The van der Waals surface area contributed by atoms with E-state index < -0.39 is 0 Å². The van der Waals surface area contributed by atoms with Gasteiger partial charge in [-0.25, -0.2) is 4.98 Å². The molecule has 1 aliphatic rings. The lowest BCUT2D eigenvalue weighted by atomic mass is 10.3. The molecule has 0 atom stereocenters. The van der Waals surface area contributed by atoms with Crippen LogP contribution in [0.5, 0.6) is 5.88 Å². The maximum atomic E-state index is 5.87. The Morgan fingerprint density at radius 2 is 2.09 bits per heavy atom. The Balaban J connectivity index is 0.00000264. The van der Waals surface area contributed by atoms with Crippen molar-refractivity contribution in [1.29, 1.82) is 0 Å². The highest BCUT2D eigenvalue weighted by Gasteiger charge is 2.16. The summed E-state index contributed by atoms with van der Waals surface area (Å²) in [6.45, 7) is 3.84. The zero-order valence-electron chi connectivity index (χ0n) is 14.2. The quantitative estimate of drug-likeness (QED) is 0.300. The van der Waals surface area contributed by atoms with Crippen LogP contribution in [-0.2, 0) is 6.54 Å². The van der Waals surface area contributed by atoms with E-state index in [0.717, 1.165) is 43.2 Å². The average molecular weight is 432 g/mol. The number of aliphatic imine (C=N–C) groups is 1. The SMILES string of the molecule is CCCCNC(=NC)NCc1ccc(OC2CCCC2)nc1.I. The van der Waals surface area contributed by atoms with Crippen LogP contribution in [0.2, 0.25) is 0 Å². The molecule has 130 valence electrons. The number of nitrogens with zero attached hydrogens (tertiary/aromatic N) is 2. The number of hydrogen-bond acceptors (Lipinski definition) is 3. The summed E-state index contributed by atoms with van der Waals surface area (Å²) in [4.78, 5) is 8.61. The van der Waals surface area contributed by atoms with Crippen LogP contribution in [0.4, 0.5) is 0 Å². The van der Waals surface area contributed by atoms with Crippen molar-refractivity contribution < 1.29 is 4.74 Å². The van der Waals surface area contributed by atoms with Crippen molar-refractivity contribution in [3.05, 3.63) is 23.9 Å². The first-order valence-electron chi connectivity index (χ1n) is 8.38. The average Bonchev–Trinajstić information content (AvgIpc) is 3.05. The summed E-state index contributed by atoms with van der Waals surface area (Å²) in [6, 6.07) is 4.02. The molecule has 1 aromatic heterocycles. The second kappa shape index (κ2) is 11.5. The Hall–Kier alpha value is -1.05. The van der Waals surface area contributed by atoms with Crippen molar-refractivity contribution >= 4 is 29.9 Å². The number of hydrogen-bond donors (Lipinski definition) is 2. The molecule has 5 nitrogen and oxygen atoms in total. The van der Waals surface area contributed by atoms with Gasteiger partial charge in [0, 0.05) is 32.4 Å². The molecule has 1 fully saturated rings. The zero-order valence-corrected chi connectivity index (χ0v) is 16.5. The van der Waals surface area contributed by atoms with Crippen LogP contribution in [-0.4, -0.2) is 30.6 Å². The fourth-order valence-electron chi connectivity index (χ4n) is 2.55. The minimum atomic E-state index is 0. The lowest BCUT2D eigenvalue weighted by Crippen LogP contribution is -2.37. The molecule has 0 radical (unpaired) electrons. The number of aromatic nitrogens is 1. The van der Waals surface area contributed by atoms with Crippen LogP contribution < -0.4 is 15.4 Å². The van der Waals surface area contributed by atoms with E-state index in [1.165, 1.54) is 19.3 Å². The third-order valence-electron chi connectivity index (χ3n) is 3.89. The minimum Gasteiger partial charge on any atom is -0.474 e. The van der Waals surface area contributed by atoms with Gasteiger partial charge in [-0.2, -0.15) is 0 Å². The molecule has 1 saturated carbocycles. The third kappa shape index (κ3) is 7.37. The lowest BCUT2D eigenvalue weighted by molar-refractivity contribution is 0.201. The van der Waals surface area contributed by atoms with Crippen molar-refractivity contribution in [2.75, 3.05) is 13.6 Å². The van der Waals surface area contributed by atoms with Crippen LogP contribution in [0.15, 0.2) is 23.3 Å². The molecule has 0 amide bonds. The topological polar surface area (TPSA) is 58.5 Å². The van der Waals surface area contributed by atoms with Crippen LogP contribution >= 0.6 is 24.0 Å². The van der Waals surface area contributed by atoms with Crippen molar-refractivity contribution in [2.24, 2.45) is 4.99 Å². The van der Waals surface area contributed by atoms with E-state index in [9.17, 15) is 0 Å². The van der Waals surface area contributed by atoms with Crippen LogP contribution in [0.1, 0.15) is 51.0 Å². The van der Waals surface area contributed by atoms with Gasteiger partial charge in [-0.1, -0.05) is 19.4 Å². The van der Waals surface area contributed by atoms with Gasteiger partial charge in [-0.3, -0.25) is 4.99 Å². The highest BCUT2D eigenvalue weighted by Crippen LogP contribution is 2.22. The molecular formula is C17H29IN4O. The Labute approximate surface area is 156 Å². The largest absolute Gasteiger partial charge is 0.474 e.